The summed E-state index contributed by atoms with van der Waals surface area (Å²) < 4.78 is 6.55. The Balaban J connectivity index is 1.48. The van der Waals surface area contributed by atoms with Crippen LogP contribution in [0.15, 0.2) is 66.7 Å². The Hall–Kier alpha value is -3.29. The largest absolute Gasteiger partial charge is 0.494 e. The molecule has 3 aromatic carbocycles. The van der Waals surface area contributed by atoms with E-state index in [0.717, 1.165) is 37.8 Å². The highest BCUT2D eigenvalue weighted by Crippen LogP contribution is 2.34. The normalized spacial score (nSPS) is 10.6. The van der Waals surface area contributed by atoms with Crippen molar-refractivity contribution in [3.8, 4) is 16.3 Å². The van der Waals surface area contributed by atoms with E-state index in [4.69, 9.17) is 21.9 Å². The van der Waals surface area contributed by atoms with Crippen LogP contribution in [0.1, 0.15) is 22.8 Å². The molecule has 0 aliphatic heterocycles. The van der Waals surface area contributed by atoms with Crippen LogP contribution in [-0.4, -0.2) is 22.6 Å². The van der Waals surface area contributed by atoms with Crippen molar-refractivity contribution in [2.75, 3.05) is 11.9 Å². The minimum absolute atomic E-state index is 0.239. The number of para-hydroxylation sites is 1. The fourth-order valence-electron chi connectivity index (χ4n) is 3.19. The van der Waals surface area contributed by atoms with Gasteiger partial charge in [-0.2, -0.15) is 0 Å². The summed E-state index contributed by atoms with van der Waals surface area (Å²) in [6.07, 6.45) is 0. The van der Waals surface area contributed by atoms with Crippen LogP contribution in [0.5, 0.6) is 5.75 Å². The fraction of sp³-hybridized carbons (Fsp3) is 0.125. The number of anilines is 1. The Morgan fingerprint density at radius 2 is 1.84 bits per heavy atom. The number of fused-ring (bicyclic) bond motifs is 1. The Bertz CT molecular complexity index is 1220. The van der Waals surface area contributed by atoms with Crippen molar-refractivity contribution in [1.29, 1.82) is 0 Å². The maximum absolute atomic E-state index is 12.5. The highest BCUT2D eigenvalue weighted by Gasteiger charge is 2.13. The molecule has 0 spiro atoms. The number of thiazole rings is 1. The van der Waals surface area contributed by atoms with E-state index in [1.807, 2.05) is 50.2 Å². The van der Waals surface area contributed by atoms with Crippen molar-refractivity contribution in [1.82, 2.24) is 10.3 Å². The minimum atomic E-state index is -0.277. The minimum Gasteiger partial charge on any atom is -0.494 e. The average Bonchev–Trinajstić information content (AvgIpc) is 3.20. The van der Waals surface area contributed by atoms with E-state index >= 15 is 0 Å². The summed E-state index contributed by atoms with van der Waals surface area (Å²) in [7, 11) is 0. The molecule has 0 atom stereocenters. The van der Waals surface area contributed by atoms with Gasteiger partial charge in [0, 0.05) is 16.8 Å². The standard InChI is InChI=1S/C24H21N3O2S2/c1-3-29-17-13-11-16(12-14-17)22(28)27-24(30)26-19-9-6-7-18(15(19)2)23-25-20-8-4-5-10-21(20)31-23/h4-14H,3H2,1-2H3,(H2,26,27,28,30). The molecule has 31 heavy (non-hydrogen) atoms. The Morgan fingerprint density at radius 3 is 2.58 bits per heavy atom. The zero-order valence-electron chi connectivity index (χ0n) is 17.1. The molecule has 1 heterocycles. The molecule has 0 unspecified atom stereocenters. The van der Waals surface area contributed by atoms with Crippen molar-refractivity contribution in [2.45, 2.75) is 13.8 Å². The molecule has 0 fully saturated rings. The van der Waals surface area contributed by atoms with E-state index in [1.54, 1.807) is 35.6 Å². The third-order valence-corrected chi connectivity index (χ3v) is 6.03. The van der Waals surface area contributed by atoms with Gasteiger partial charge >= 0.3 is 0 Å². The Kier molecular flexibility index (Phi) is 6.25. The molecule has 4 rings (SSSR count). The third-order valence-electron chi connectivity index (χ3n) is 4.76. The molecule has 0 aliphatic carbocycles. The van der Waals surface area contributed by atoms with E-state index in [9.17, 15) is 4.79 Å². The number of amides is 1. The monoisotopic (exact) mass is 447 g/mol. The molecule has 0 aliphatic rings. The smallest absolute Gasteiger partial charge is 0.257 e. The first-order chi connectivity index (χ1) is 15.0. The number of aromatic nitrogens is 1. The molecule has 156 valence electrons. The van der Waals surface area contributed by atoms with E-state index in [0.29, 0.717) is 12.2 Å². The molecule has 4 aromatic rings. The molecule has 1 amide bonds. The van der Waals surface area contributed by atoms with Crippen LogP contribution in [0.3, 0.4) is 0 Å². The number of rotatable bonds is 5. The van der Waals surface area contributed by atoms with Gasteiger partial charge in [0.1, 0.15) is 10.8 Å². The lowest BCUT2D eigenvalue weighted by Gasteiger charge is -2.14. The predicted molar refractivity (Wildman–Crippen MR) is 131 cm³/mol. The number of nitrogens with one attached hydrogen (secondary N) is 2. The topological polar surface area (TPSA) is 63.2 Å². The third kappa shape index (κ3) is 4.73. The molecule has 5 nitrogen and oxygen atoms in total. The number of ether oxygens (including phenoxy) is 1. The summed E-state index contributed by atoms with van der Waals surface area (Å²) >= 11 is 7.02. The second-order valence-electron chi connectivity index (χ2n) is 6.83. The SMILES string of the molecule is CCOc1ccc(C(=O)NC(=S)Nc2cccc(-c3nc4ccccc4s3)c2C)cc1. The van der Waals surface area contributed by atoms with Crippen LogP contribution < -0.4 is 15.4 Å². The van der Waals surface area contributed by atoms with Gasteiger partial charge in [-0.3, -0.25) is 10.1 Å². The van der Waals surface area contributed by atoms with Gasteiger partial charge < -0.3 is 10.1 Å². The van der Waals surface area contributed by atoms with Crippen LogP contribution in [0.25, 0.3) is 20.8 Å². The number of hydrogen-bond donors (Lipinski definition) is 2. The van der Waals surface area contributed by atoms with Crippen LogP contribution in [0.4, 0.5) is 5.69 Å². The number of carbonyl (C=O) groups is 1. The van der Waals surface area contributed by atoms with Crippen molar-refractivity contribution >= 4 is 50.5 Å². The highest BCUT2D eigenvalue weighted by atomic mass is 32.1. The average molecular weight is 448 g/mol. The maximum atomic E-state index is 12.5. The number of benzene rings is 3. The Morgan fingerprint density at radius 1 is 1.06 bits per heavy atom. The van der Waals surface area contributed by atoms with E-state index in [-0.39, 0.29) is 11.0 Å². The quantitative estimate of drug-likeness (QED) is 0.379. The van der Waals surface area contributed by atoms with Crippen LogP contribution in [0, 0.1) is 6.92 Å². The van der Waals surface area contributed by atoms with Gasteiger partial charge in [0.25, 0.3) is 5.91 Å². The molecule has 7 heteroatoms. The second-order valence-corrected chi connectivity index (χ2v) is 8.27. The van der Waals surface area contributed by atoms with E-state index in [2.05, 4.69) is 16.7 Å². The summed E-state index contributed by atoms with van der Waals surface area (Å²) in [5.41, 5.74) is 4.37. The lowest BCUT2D eigenvalue weighted by molar-refractivity contribution is 0.0977. The van der Waals surface area contributed by atoms with Gasteiger partial charge in [-0.25, -0.2) is 4.98 Å². The zero-order chi connectivity index (χ0) is 21.8. The molecule has 0 radical (unpaired) electrons. The number of nitrogens with zero attached hydrogens (tertiary/aromatic N) is 1. The highest BCUT2D eigenvalue weighted by molar-refractivity contribution is 7.80. The first-order valence-electron chi connectivity index (χ1n) is 9.86. The van der Waals surface area contributed by atoms with Gasteiger partial charge in [0.2, 0.25) is 0 Å². The summed E-state index contributed by atoms with van der Waals surface area (Å²) in [5.74, 6) is 0.447. The molecule has 0 saturated carbocycles. The van der Waals surface area contributed by atoms with E-state index < -0.39 is 0 Å². The van der Waals surface area contributed by atoms with Crippen LogP contribution in [0.2, 0.25) is 0 Å². The van der Waals surface area contributed by atoms with Crippen molar-refractivity contribution in [2.24, 2.45) is 0 Å². The second kappa shape index (κ2) is 9.24. The molecule has 0 bridgehead atoms. The molecular weight excluding hydrogens is 426 g/mol. The molecule has 1 aromatic heterocycles. The van der Waals surface area contributed by atoms with Gasteiger partial charge in [-0.15, -0.1) is 11.3 Å². The van der Waals surface area contributed by atoms with Crippen LogP contribution >= 0.6 is 23.6 Å². The summed E-state index contributed by atoms with van der Waals surface area (Å²) in [6, 6.07) is 21.0. The van der Waals surface area contributed by atoms with Gasteiger partial charge in [0.05, 0.1) is 16.8 Å². The van der Waals surface area contributed by atoms with E-state index in [1.165, 1.54) is 0 Å². The van der Waals surface area contributed by atoms with Crippen molar-refractivity contribution in [3.05, 3.63) is 77.9 Å². The maximum Gasteiger partial charge on any atom is 0.257 e. The molecular formula is C24H21N3O2S2. The predicted octanol–water partition coefficient (Wildman–Crippen LogP) is 5.80. The summed E-state index contributed by atoms with van der Waals surface area (Å²) in [4.78, 5) is 17.2. The van der Waals surface area contributed by atoms with Gasteiger partial charge in [-0.1, -0.05) is 24.3 Å². The molecule has 0 saturated heterocycles. The van der Waals surface area contributed by atoms with Crippen molar-refractivity contribution in [3.63, 3.8) is 0 Å². The van der Waals surface area contributed by atoms with Crippen LogP contribution in [-0.2, 0) is 0 Å². The summed E-state index contributed by atoms with van der Waals surface area (Å²) in [5, 5.41) is 7.06. The number of thiocarbonyl (C=S) groups is 1. The first kappa shape index (κ1) is 21.0. The number of carbonyl (C=O) groups excluding carboxylic acids is 1. The first-order valence-corrected chi connectivity index (χ1v) is 11.1. The van der Waals surface area contributed by atoms with Gasteiger partial charge in [-0.05, 0) is 74.1 Å². The summed E-state index contributed by atoms with van der Waals surface area (Å²) in [6.45, 7) is 4.51. The lowest BCUT2D eigenvalue weighted by atomic mass is 10.1. The zero-order valence-corrected chi connectivity index (χ0v) is 18.8. The van der Waals surface area contributed by atoms with Gasteiger partial charge in [0.15, 0.2) is 5.11 Å². The van der Waals surface area contributed by atoms with Crippen molar-refractivity contribution < 1.29 is 9.53 Å². The fourth-order valence-corrected chi connectivity index (χ4v) is 4.44. The molecule has 2 N–H and O–H groups in total. The number of hydrogen-bond acceptors (Lipinski definition) is 5. The Labute approximate surface area is 190 Å². The lowest BCUT2D eigenvalue weighted by Crippen LogP contribution is -2.34.